The Labute approximate surface area is 194 Å². The van der Waals surface area contributed by atoms with Gasteiger partial charge in [-0.3, -0.25) is 0 Å². The maximum Gasteiger partial charge on any atom is -0.0123 e. The van der Waals surface area contributed by atoms with E-state index in [4.69, 9.17) is 0 Å². The molecule has 0 heterocycles. The number of benzene rings is 4. The highest BCUT2D eigenvalue weighted by atomic mass is 31.1. The summed E-state index contributed by atoms with van der Waals surface area (Å²) in [6, 6.07) is 39.5. The Morgan fingerprint density at radius 2 is 0.812 bits per heavy atom. The fourth-order valence-electron chi connectivity index (χ4n) is 4.01. The molecule has 0 aromatic heterocycles. The molecule has 0 saturated carbocycles. The van der Waals surface area contributed by atoms with Gasteiger partial charge in [-0.25, -0.2) is 0 Å². The highest BCUT2D eigenvalue weighted by Crippen LogP contribution is 2.42. The molecule has 0 aliphatic carbocycles. The van der Waals surface area contributed by atoms with Crippen LogP contribution in [0.2, 0.25) is 0 Å². The second-order valence-corrected chi connectivity index (χ2v) is 12.1. The number of rotatable bonds is 9. The summed E-state index contributed by atoms with van der Waals surface area (Å²) in [6.07, 6.45) is 6.27. The molecule has 0 N–H and O–H groups in total. The fourth-order valence-corrected chi connectivity index (χ4v) is 9.71. The van der Waals surface area contributed by atoms with Gasteiger partial charge in [-0.15, -0.1) is 0 Å². The molecular weight excluding hydrogens is 422 g/mol. The van der Waals surface area contributed by atoms with E-state index < -0.39 is 15.8 Å². The third kappa shape index (κ3) is 5.16. The molecule has 0 saturated heterocycles. The molecule has 158 valence electrons. The molecule has 0 bridgehead atoms. The van der Waals surface area contributed by atoms with Gasteiger partial charge in [0.05, 0.1) is 0 Å². The van der Waals surface area contributed by atoms with Crippen molar-refractivity contribution in [2.75, 3.05) is 12.3 Å². The van der Waals surface area contributed by atoms with Gasteiger partial charge in [0, 0.05) is 0 Å². The Morgan fingerprint density at radius 3 is 1.19 bits per heavy atom. The van der Waals surface area contributed by atoms with Gasteiger partial charge in [0.15, 0.2) is 0 Å². The van der Waals surface area contributed by atoms with Crippen molar-refractivity contribution < 1.29 is 0 Å². The van der Waals surface area contributed by atoms with Gasteiger partial charge < -0.3 is 0 Å². The van der Waals surface area contributed by atoms with Crippen LogP contribution in [-0.4, -0.2) is 12.3 Å². The van der Waals surface area contributed by atoms with Crippen molar-refractivity contribution >= 4 is 49.2 Å². The summed E-state index contributed by atoms with van der Waals surface area (Å²) in [6.45, 7) is 8.17. The lowest BCUT2D eigenvalue weighted by Gasteiger charge is -2.26. The minimum absolute atomic E-state index is 0.486. The molecule has 0 amide bonds. The van der Waals surface area contributed by atoms with Crippen LogP contribution in [0, 0.1) is 0 Å². The number of hydrogen-bond acceptors (Lipinski definition) is 0. The van der Waals surface area contributed by atoms with E-state index in [1.165, 1.54) is 32.3 Å². The fraction of sp³-hybridized carbons (Fsp3) is 0.0667. The quantitative estimate of drug-likeness (QED) is 0.254. The van der Waals surface area contributed by atoms with E-state index in [9.17, 15) is 0 Å². The molecule has 0 nitrogen and oxygen atoms in total. The summed E-state index contributed by atoms with van der Waals surface area (Å²) >= 11 is 0. The van der Waals surface area contributed by atoms with E-state index in [1.54, 1.807) is 0 Å². The van der Waals surface area contributed by atoms with Gasteiger partial charge in [-0.2, -0.15) is 0 Å². The van der Waals surface area contributed by atoms with Crippen molar-refractivity contribution in [3.05, 3.63) is 133 Å². The normalized spacial score (nSPS) is 12.6. The largest absolute Gasteiger partial charge is 0.0984 e. The maximum atomic E-state index is 4.08. The third-order valence-electron chi connectivity index (χ3n) is 5.58. The van der Waals surface area contributed by atoms with Crippen LogP contribution in [0.25, 0.3) is 12.2 Å². The molecule has 2 unspecified atom stereocenters. The van der Waals surface area contributed by atoms with Gasteiger partial charge in [0.25, 0.3) is 0 Å². The molecule has 0 spiro atoms. The zero-order chi connectivity index (χ0) is 22.2. The maximum absolute atomic E-state index is 4.08. The van der Waals surface area contributed by atoms with Crippen LogP contribution in [0.3, 0.4) is 0 Å². The van der Waals surface area contributed by atoms with E-state index in [-0.39, 0.29) is 0 Å². The smallest absolute Gasteiger partial charge is 0.0123 e. The lowest BCUT2D eigenvalue weighted by Crippen LogP contribution is -2.22. The van der Waals surface area contributed by atoms with Gasteiger partial charge >= 0.3 is 0 Å². The number of hydrogen-bond donors (Lipinski definition) is 0. The second kappa shape index (κ2) is 11.2. The zero-order valence-corrected chi connectivity index (χ0v) is 20.1. The van der Waals surface area contributed by atoms with Crippen LogP contribution in [0.1, 0.15) is 11.1 Å². The van der Waals surface area contributed by atoms with E-state index in [0.29, 0.717) is 0 Å². The molecule has 4 aromatic rings. The van der Waals surface area contributed by atoms with E-state index in [1.807, 2.05) is 12.2 Å². The third-order valence-corrected chi connectivity index (χ3v) is 11.1. The van der Waals surface area contributed by atoms with Crippen molar-refractivity contribution in [1.82, 2.24) is 0 Å². The van der Waals surface area contributed by atoms with Gasteiger partial charge in [0.1, 0.15) is 0 Å². The molecular formula is C30H28P2. The molecule has 2 heteroatoms. The summed E-state index contributed by atoms with van der Waals surface area (Å²) in [7, 11) is -0.971. The van der Waals surface area contributed by atoms with E-state index in [0.717, 1.165) is 12.3 Å². The monoisotopic (exact) mass is 450 g/mol. The minimum Gasteiger partial charge on any atom is -0.0984 e. The average molecular weight is 451 g/mol. The van der Waals surface area contributed by atoms with Crippen molar-refractivity contribution in [1.29, 1.82) is 0 Å². The second-order valence-electron chi connectivity index (χ2n) is 7.50. The van der Waals surface area contributed by atoms with Crippen LogP contribution in [-0.2, 0) is 0 Å². The summed E-state index contributed by atoms with van der Waals surface area (Å²) in [5.74, 6) is 0. The SMILES string of the molecule is C=Cc1ccccc1P(CCP(c1ccccc1)c1ccccc1C=C)c1ccccc1. The first-order chi connectivity index (χ1) is 15.8. The predicted molar refractivity (Wildman–Crippen MR) is 148 cm³/mol. The average Bonchev–Trinajstić information content (AvgIpc) is 2.88. The summed E-state index contributed by atoms with van der Waals surface area (Å²) in [5, 5.41) is 5.70. The zero-order valence-electron chi connectivity index (χ0n) is 18.3. The molecule has 0 aliphatic heterocycles. The Kier molecular flexibility index (Phi) is 7.84. The highest BCUT2D eigenvalue weighted by molar-refractivity contribution is 7.76. The lowest BCUT2D eigenvalue weighted by molar-refractivity contribution is 1.50. The minimum atomic E-state index is -0.486. The van der Waals surface area contributed by atoms with Crippen molar-refractivity contribution in [2.45, 2.75) is 0 Å². The Morgan fingerprint density at radius 1 is 0.469 bits per heavy atom. The Bertz CT molecular complexity index is 1070. The first-order valence-corrected chi connectivity index (χ1v) is 14.0. The summed E-state index contributed by atoms with van der Waals surface area (Å²) in [5.41, 5.74) is 2.50. The van der Waals surface area contributed by atoms with Gasteiger partial charge in [-0.1, -0.05) is 135 Å². The Hall–Kier alpha value is -2.78. The molecule has 2 atom stereocenters. The van der Waals surface area contributed by atoms with Gasteiger partial charge in [-0.05, 0) is 60.5 Å². The van der Waals surface area contributed by atoms with Crippen LogP contribution in [0.15, 0.2) is 122 Å². The van der Waals surface area contributed by atoms with Crippen LogP contribution >= 0.6 is 15.8 Å². The first-order valence-electron chi connectivity index (χ1n) is 10.9. The molecule has 4 aromatic carbocycles. The van der Waals surface area contributed by atoms with E-state index >= 15 is 0 Å². The van der Waals surface area contributed by atoms with Crippen LogP contribution in [0.4, 0.5) is 0 Å². The van der Waals surface area contributed by atoms with Gasteiger partial charge in [0.2, 0.25) is 0 Å². The van der Waals surface area contributed by atoms with Crippen molar-refractivity contribution in [3.63, 3.8) is 0 Å². The van der Waals surface area contributed by atoms with Crippen molar-refractivity contribution in [3.8, 4) is 0 Å². The first kappa shape index (κ1) is 22.4. The van der Waals surface area contributed by atoms with Crippen molar-refractivity contribution in [2.24, 2.45) is 0 Å². The lowest BCUT2D eigenvalue weighted by atomic mass is 10.2. The topological polar surface area (TPSA) is 0 Å². The summed E-state index contributed by atoms with van der Waals surface area (Å²) < 4.78 is 0. The molecule has 4 rings (SSSR count). The summed E-state index contributed by atoms with van der Waals surface area (Å²) in [4.78, 5) is 0. The Balaban J connectivity index is 1.74. The molecule has 32 heavy (non-hydrogen) atoms. The highest BCUT2D eigenvalue weighted by Gasteiger charge is 2.21. The van der Waals surface area contributed by atoms with E-state index in [2.05, 4.69) is 122 Å². The van der Waals surface area contributed by atoms with Crippen LogP contribution in [0.5, 0.6) is 0 Å². The predicted octanol–water partition coefficient (Wildman–Crippen LogP) is 6.54. The molecule has 0 radical (unpaired) electrons. The van der Waals surface area contributed by atoms with Crippen LogP contribution < -0.4 is 21.2 Å². The standard InChI is InChI=1S/C30H28P2/c1-3-25-15-11-13-21-29(25)31(27-17-7-5-8-18-27)23-24-32(28-19-9-6-10-20-28)30-22-14-12-16-26(30)4-2/h3-22H,1-2,23-24H2. The molecule has 0 aliphatic rings. The molecule has 0 fully saturated rings.